The molecule has 0 radical (unpaired) electrons. The molecular weight excluding hydrogens is 292 g/mol. The summed E-state index contributed by atoms with van der Waals surface area (Å²) in [5.74, 6) is 0.154. The van der Waals surface area contributed by atoms with E-state index < -0.39 is 0 Å². The second-order valence-electron chi connectivity index (χ2n) is 5.68. The molecule has 5 nitrogen and oxygen atoms in total. The van der Waals surface area contributed by atoms with Gasteiger partial charge in [-0.2, -0.15) is 0 Å². The number of rotatable bonds is 7. The van der Waals surface area contributed by atoms with Gasteiger partial charge in [-0.3, -0.25) is 9.59 Å². The van der Waals surface area contributed by atoms with Crippen LogP contribution in [-0.4, -0.2) is 50.6 Å². The van der Waals surface area contributed by atoms with Crippen molar-refractivity contribution in [2.45, 2.75) is 19.3 Å². The Kier molecular flexibility index (Phi) is 6.35. The lowest BCUT2D eigenvalue weighted by Crippen LogP contribution is -2.26. The Hall–Kier alpha value is -2.14. The normalized spacial score (nSPS) is 14.7. The van der Waals surface area contributed by atoms with Crippen molar-refractivity contribution in [3.8, 4) is 0 Å². The summed E-state index contributed by atoms with van der Waals surface area (Å²) >= 11 is 0. The average molecular weight is 316 g/mol. The van der Waals surface area contributed by atoms with Gasteiger partial charge in [-0.05, 0) is 36.6 Å². The van der Waals surface area contributed by atoms with E-state index in [-0.39, 0.29) is 11.8 Å². The van der Waals surface area contributed by atoms with E-state index in [0.29, 0.717) is 19.6 Å². The molecule has 1 aromatic rings. The first-order chi connectivity index (χ1) is 11.1. The van der Waals surface area contributed by atoms with Crippen molar-refractivity contribution in [2.75, 3.05) is 38.8 Å². The number of anilines is 1. The van der Waals surface area contributed by atoms with Gasteiger partial charge >= 0.3 is 0 Å². The second-order valence-corrected chi connectivity index (χ2v) is 5.68. The van der Waals surface area contributed by atoms with Crippen LogP contribution in [0, 0.1) is 0 Å². The molecular formula is C18H24N2O3. The highest BCUT2D eigenvalue weighted by Crippen LogP contribution is 2.21. The Bertz CT molecular complexity index is 566. The Morgan fingerprint density at radius 2 is 2.09 bits per heavy atom. The number of hydrogen-bond acceptors (Lipinski definition) is 3. The first-order valence-electron chi connectivity index (χ1n) is 7.94. The van der Waals surface area contributed by atoms with Crippen molar-refractivity contribution in [2.24, 2.45) is 0 Å². The number of nitrogens with zero attached hydrogens (tertiary/aromatic N) is 2. The van der Waals surface area contributed by atoms with Gasteiger partial charge in [0.25, 0.3) is 0 Å². The lowest BCUT2D eigenvalue weighted by molar-refractivity contribution is -0.124. The minimum Gasteiger partial charge on any atom is -0.385 e. The molecule has 1 saturated heterocycles. The van der Waals surface area contributed by atoms with Crippen molar-refractivity contribution in [1.82, 2.24) is 4.90 Å². The summed E-state index contributed by atoms with van der Waals surface area (Å²) in [7, 11) is 3.44. The largest absolute Gasteiger partial charge is 0.385 e. The van der Waals surface area contributed by atoms with E-state index in [9.17, 15) is 9.59 Å². The quantitative estimate of drug-likeness (QED) is 0.573. The van der Waals surface area contributed by atoms with Crippen LogP contribution in [0.25, 0.3) is 6.08 Å². The molecule has 23 heavy (non-hydrogen) atoms. The fourth-order valence-corrected chi connectivity index (χ4v) is 2.54. The third kappa shape index (κ3) is 4.93. The van der Waals surface area contributed by atoms with Crippen LogP contribution < -0.4 is 4.90 Å². The Labute approximate surface area is 137 Å². The number of ether oxygens (including phenoxy) is 1. The van der Waals surface area contributed by atoms with E-state index in [4.69, 9.17) is 4.74 Å². The molecule has 1 aliphatic rings. The van der Waals surface area contributed by atoms with Gasteiger partial charge in [0.05, 0.1) is 0 Å². The van der Waals surface area contributed by atoms with Crippen molar-refractivity contribution >= 4 is 23.6 Å². The number of hydrogen-bond donors (Lipinski definition) is 0. The summed E-state index contributed by atoms with van der Waals surface area (Å²) in [5.41, 5.74) is 1.87. The topological polar surface area (TPSA) is 49.9 Å². The number of amides is 2. The molecule has 5 heteroatoms. The molecule has 2 amide bonds. The zero-order valence-electron chi connectivity index (χ0n) is 13.8. The third-order valence-electron chi connectivity index (χ3n) is 3.91. The van der Waals surface area contributed by atoms with E-state index >= 15 is 0 Å². The molecule has 0 saturated carbocycles. The monoisotopic (exact) mass is 316 g/mol. The van der Waals surface area contributed by atoms with E-state index in [1.54, 1.807) is 31.2 Å². The highest BCUT2D eigenvalue weighted by molar-refractivity contribution is 5.95. The molecule has 0 aromatic heterocycles. The minimum atomic E-state index is -0.0279. The maximum atomic E-state index is 12.0. The first kappa shape index (κ1) is 17.2. The van der Waals surface area contributed by atoms with Gasteiger partial charge in [0.1, 0.15) is 0 Å². The zero-order chi connectivity index (χ0) is 16.7. The molecule has 0 aliphatic carbocycles. The highest BCUT2D eigenvalue weighted by atomic mass is 16.5. The second kappa shape index (κ2) is 8.48. The summed E-state index contributed by atoms with van der Waals surface area (Å²) in [6.07, 6.45) is 5.74. The molecule has 1 aromatic carbocycles. The summed E-state index contributed by atoms with van der Waals surface area (Å²) in [6.45, 7) is 2.11. The molecule has 0 N–H and O–H groups in total. The van der Waals surface area contributed by atoms with Gasteiger partial charge in [0, 0.05) is 52.0 Å². The molecule has 0 unspecified atom stereocenters. The number of likely N-dealkylation sites (N-methyl/N-ethyl adjacent to an activating group) is 1. The highest BCUT2D eigenvalue weighted by Gasteiger charge is 2.21. The van der Waals surface area contributed by atoms with Crippen LogP contribution in [0.15, 0.2) is 30.3 Å². The lowest BCUT2D eigenvalue weighted by Gasteiger charge is -2.15. The molecule has 1 fully saturated rings. The predicted molar refractivity (Wildman–Crippen MR) is 91.2 cm³/mol. The molecule has 2 rings (SSSR count). The Morgan fingerprint density at radius 3 is 2.70 bits per heavy atom. The van der Waals surface area contributed by atoms with Crippen LogP contribution in [0.1, 0.15) is 24.8 Å². The maximum Gasteiger partial charge on any atom is 0.246 e. The van der Waals surface area contributed by atoms with Gasteiger partial charge < -0.3 is 14.5 Å². The fourth-order valence-electron chi connectivity index (χ4n) is 2.54. The minimum absolute atomic E-state index is 0.0279. The van der Waals surface area contributed by atoms with Crippen molar-refractivity contribution in [3.05, 3.63) is 35.9 Å². The van der Waals surface area contributed by atoms with Crippen LogP contribution in [0.4, 0.5) is 5.69 Å². The number of carbonyl (C=O) groups excluding carboxylic acids is 2. The van der Waals surface area contributed by atoms with Gasteiger partial charge in [-0.1, -0.05) is 12.1 Å². The van der Waals surface area contributed by atoms with Crippen LogP contribution in [0.2, 0.25) is 0 Å². The molecule has 1 heterocycles. The summed E-state index contributed by atoms with van der Waals surface area (Å²) < 4.78 is 4.98. The summed E-state index contributed by atoms with van der Waals surface area (Å²) in [6, 6.07) is 7.70. The smallest absolute Gasteiger partial charge is 0.246 e. The Morgan fingerprint density at radius 1 is 1.35 bits per heavy atom. The van der Waals surface area contributed by atoms with E-state index in [1.165, 1.54) is 0 Å². The maximum absolute atomic E-state index is 12.0. The van der Waals surface area contributed by atoms with Crippen LogP contribution in [0.3, 0.4) is 0 Å². The van der Waals surface area contributed by atoms with E-state index in [2.05, 4.69) is 0 Å². The van der Waals surface area contributed by atoms with E-state index in [1.807, 2.05) is 29.2 Å². The van der Waals surface area contributed by atoms with Crippen molar-refractivity contribution in [1.29, 1.82) is 0 Å². The average Bonchev–Trinajstić information content (AvgIpc) is 2.99. The molecule has 0 bridgehead atoms. The molecule has 124 valence electrons. The van der Waals surface area contributed by atoms with Gasteiger partial charge in [-0.25, -0.2) is 0 Å². The fraction of sp³-hybridized carbons (Fsp3) is 0.444. The lowest BCUT2D eigenvalue weighted by atomic mass is 10.2. The summed E-state index contributed by atoms with van der Waals surface area (Å²) in [4.78, 5) is 27.2. The van der Waals surface area contributed by atoms with Crippen LogP contribution >= 0.6 is 0 Å². The van der Waals surface area contributed by atoms with Crippen molar-refractivity contribution in [3.63, 3.8) is 0 Å². The van der Waals surface area contributed by atoms with E-state index in [0.717, 1.165) is 30.6 Å². The van der Waals surface area contributed by atoms with Gasteiger partial charge in [-0.15, -0.1) is 0 Å². The van der Waals surface area contributed by atoms with Crippen molar-refractivity contribution < 1.29 is 14.3 Å². The first-order valence-corrected chi connectivity index (χ1v) is 7.94. The number of carbonyl (C=O) groups is 2. The summed E-state index contributed by atoms with van der Waals surface area (Å²) in [5, 5.41) is 0. The standard InChI is InChI=1S/C18H24N2O3/c1-19(12-4-14-23-2)17(21)11-8-15-6-9-16(10-7-15)20-13-3-5-18(20)22/h6-11H,3-5,12-14H2,1-2H3/b11-8+. The van der Waals surface area contributed by atoms with Crippen LogP contribution in [0.5, 0.6) is 0 Å². The Balaban J connectivity index is 1.89. The molecule has 0 atom stereocenters. The zero-order valence-corrected chi connectivity index (χ0v) is 13.8. The third-order valence-corrected chi connectivity index (χ3v) is 3.91. The van der Waals surface area contributed by atoms with Crippen LogP contribution in [-0.2, 0) is 14.3 Å². The molecule has 1 aliphatic heterocycles. The SMILES string of the molecule is COCCCN(C)C(=O)/C=C/c1ccc(N2CCCC2=O)cc1. The van der Waals surface area contributed by atoms with Gasteiger partial charge in [0.15, 0.2) is 0 Å². The number of benzene rings is 1. The predicted octanol–water partition coefficient (Wildman–Crippen LogP) is 2.32. The molecule has 0 spiro atoms. The van der Waals surface area contributed by atoms with Gasteiger partial charge in [0.2, 0.25) is 11.8 Å². The number of methoxy groups -OCH3 is 1.